The smallest absolute Gasteiger partial charge is 0.183 e. The highest BCUT2D eigenvalue weighted by Crippen LogP contribution is 2.29. The van der Waals surface area contributed by atoms with E-state index in [9.17, 15) is 0 Å². The molecule has 0 unspecified atom stereocenters. The zero-order valence-corrected chi connectivity index (χ0v) is 14.4. The summed E-state index contributed by atoms with van der Waals surface area (Å²) in [6.45, 7) is 4.28. The Morgan fingerprint density at radius 3 is 2.62 bits per heavy atom. The maximum atomic E-state index is 5.68. The van der Waals surface area contributed by atoms with E-state index in [1.807, 2.05) is 12.1 Å². The SMILES string of the molecule is COC1=N[C@H](C)CC1.C[C@@H]1CCc2nnc(-c3cccc(N)n3)n21. The Bertz CT molecular complexity index is 738. The number of ether oxygens (including phenoxy) is 1. The molecule has 0 radical (unpaired) electrons. The number of aromatic nitrogens is 4. The van der Waals surface area contributed by atoms with Crippen molar-refractivity contribution in [3.05, 3.63) is 24.0 Å². The first-order valence-electron chi connectivity index (χ1n) is 8.36. The Labute approximate surface area is 142 Å². The minimum absolute atomic E-state index is 0.447. The van der Waals surface area contributed by atoms with E-state index in [1.165, 1.54) is 0 Å². The third-order valence-electron chi connectivity index (χ3n) is 4.37. The molecule has 24 heavy (non-hydrogen) atoms. The molecule has 0 spiro atoms. The highest BCUT2D eigenvalue weighted by Gasteiger charge is 2.24. The molecule has 2 aromatic rings. The summed E-state index contributed by atoms with van der Waals surface area (Å²) >= 11 is 0. The number of methoxy groups -OCH3 is 1. The zero-order chi connectivity index (χ0) is 17.1. The number of hydrogen-bond acceptors (Lipinski definition) is 6. The highest BCUT2D eigenvalue weighted by molar-refractivity contribution is 5.77. The molecule has 0 saturated heterocycles. The standard InChI is InChI=1S/C11H13N5.C6H11NO/c1-7-5-6-10-14-15-11(16(7)10)8-3-2-4-9(12)13-8;1-5-3-4-6(7-5)8-2/h2-4,7H,5-6H2,1H3,(H2,12,13);5H,3-4H2,1-2H3/t7-;5-/m11/s1. The van der Waals surface area contributed by atoms with Gasteiger partial charge in [0, 0.05) is 18.9 Å². The molecule has 0 aliphatic carbocycles. The number of nitrogens with two attached hydrogens (primary N) is 1. The van der Waals surface area contributed by atoms with E-state index in [2.05, 4.69) is 38.6 Å². The van der Waals surface area contributed by atoms with Crippen molar-refractivity contribution in [3.63, 3.8) is 0 Å². The van der Waals surface area contributed by atoms with E-state index in [4.69, 9.17) is 10.5 Å². The molecule has 2 aromatic heterocycles. The lowest BCUT2D eigenvalue weighted by atomic mass is 10.2. The minimum Gasteiger partial charge on any atom is -0.484 e. The van der Waals surface area contributed by atoms with Crippen LogP contribution in [0, 0.1) is 0 Å². The summed E-state index contributed by atoms with van der Waals surface area (Å²) in [4.78, 5) is 8.48. The molecule has 0 amide bonds. The number of pyridine rings is 1. The summed E-state index contributed by atoms with van der Waals surface area (Å²) < 4.78 is 7.09. The van der Waals surface area contributed by atoms with Crippen molar-refractivity contribution in [3.8, 4) is 11.5 Å². The molecule has 4 rings (SSSR count). The molecule has 0 fully saturated rings. The second-order valence-electron chi connectivity index (χ2n) is 6.26. The zero-order valence-electron chi connectivity index (χ0n) is 14.4. The van der Waals surface area contributed by atoms with Crippen molar-refractivity contribution in [2.45, 2.75) is 51.6 Å². The Hall–Kier alpha value is -2.44. The molecular formula is C17H24N6O. The summed E-state index contributed by atoms with van der Waals surface area (Å²) in [5, 5.41) is 8.38. The van der Waals surface area contributed by atoms with Crippen LogP contribution in [0.25, 0.3) is 11.5 Å². The van der Waals surface area contributed by atoms with Crippen LogP contribution in [-0.4, -0.2) is 38.8 Å². The predicted molar refractivity (Wildman–Crippen MR) is 93.8 cm³/mol. The Morgan fingerprint density at radius 2 is 2.00 bits per heavy atom. The van der Waals surface area contributed by atoms with E-state index in [0.717, 1.165) is 48.9 Å². The van der Waals surface area contributed by atoms with Crippen molar-refractivity contribution in [2.24, 2.45) is 4.99 Å². The van der Waals surface area contributed by atoms with E-state index >= 15 is 0 Å². The van der Waals surface area contributed by atoms with Crippen molar-refractivity contribution < 1.29 is 4.74 Å². The lowest BCUT2D eigenvalue weighted by Crippen LogP contribution is -2.03. The van der Waals surface area contributed by atoms with Crippen LogP contribution in [-0.2, 0) is 11.2 Å². The van der Waals surface area contributed by atoms with Crippen LogP contribution in [0.5, 0.6) is 0 Å². The minimum atomic E-state index is 0.447. The Balaban J connectivity index is 0.000000179. The number of nitrogens with zero attached hydrogens (tertiary/aromatic N) is 5. The van der Waals surface area contributed by atoms with Gasteiger partial charge in [-0.3, -0.25) is 4.99 Å². The fourth-order valence-corrected chi connectivity index (χ4v) is 3.04. The van der Waals surface area contributed by atoms with Gasteiger partial charge in [0.1, 0.15) is 17.3 Å². The molecular weight excluding hydrogens is 304 g/mol. The average Bonchev–Trinajstić information content (AvgIpc) is 3.26. The predicted octanol–water partition coefficient (Wildman–Crippen LogP) is 2.64. The van der Waals surface area contributed by atoms with Crippen molar-refractivity contribution >= 4 is 11.7 Å². The van der Waals surface area contributed by atoms with Crippen LogP contribution in [0.2, 0.25) is 0 Å². The maximum Gasteiger partial charge on any atom is 0.183 e. The van der Waals surface area contributed by atoms with Gasteiger partial charge < -0.3 is 15.0 Å². The van der Waals surface area contributed by atoms with Crippen molar-refractivity contribution in [2.75, 3.05) is 12.8 Å². The number of hydrogen-bond donors (Lipinski definition) is 1. The van der Waals surface area contributed by atoms with Crippen LogP contribution in [0.1, 0.15) is 45.0 Å². The summed E-state index contributed by atoms with van der Waals surface area (Å²) in [6, 6.07) is 6.51. The molecule has 0 saturated carbocycles. The number of aliphatic imine (C=N–C) groups is 1. The van der Waals surface area contributed by atoms with Gasteiger partial charge in [-0.1, -0.05) is 6.07 Å². The van der Waals surface area contributed by atoms with Gasteiger partial charge in [-0.05, 0) is 38.8 Å². The first kappa shape index (κ1) is 16.4. The first-order chi connectivity index (χ1) is 11.6. The Morgan fingerprint density at radius 1 is 1.17 bits per heavy atom. The van der Waals surface area contributed by atoms with Crippen LogP contribution >= 0.6 is 0 Å². The summed E-state index contributed by atoms with van der Waals surface area (Å²) in [7, 11) is 1.68. The third kappa shape index (κ3) is 3.39. The molecule has 2 aliphatic heterocycles. The van der Waals surface area contributed by atoms with Gasteiger partial charge in [0.2, 0.25) is 0 Å². The number of fused-ring (bicyclic) bond motifs is 1. The van der Waals surface area contributed by atoms with Gasteiger partial charge in [0.15, 0.2) is 11.7 Å². The van der Waals surface area contributed by atoms with Gasteiger partial charge in [-0.2, -0.15) is 0 Å². The first-order valence-corrected chi connectivity index (χ1v) is 8.36. The van der Waals surface area contributed by atoms with Gasteiger partial charge >= 0.3 is 0 Å². The highest BCUT2D eigenvalue weighted by atomic mass is 16.5. The largest absolute Gasteiger partial charge is 0.484 e. The monoisotopic (exact) mass is 328 g/mol. The molecule has 4 heterocycles. The topological polar surface area (TPSA) is 91.2 Å². The average molecular weight is 328 g/mol. The lowest BCUT2D eigenvalue weighted by molar-refractivity contribution is 0.395. The van der Waals surface area contributed by atoms with Crippen LogP contribution in [0.4, 0.5) is 5.82 Å². The molecule has 2 aliphatic rings. The van der Waals surface area contributed by atoms with Crippen LogP contribution in [0.3, 0.4) is 0 Å². The second kappa shape index (κ2) is 6.98. The van der Waals surface area contributed by atoms with E-state index < -0.39 is 0 Å². The van der Waals surface area contributed by atoms with E-state index in [-0.39, 0.29) is 0 Å². The number of rotatable bonds is 1. The summed E-state index contributed by atoms with van der Waals surface area (Å²) in [6.07, 6.45) is 4.30. The van der Waals surface area contributed by atoms with Crippen LogP contribution in [0.15, 0.2) is 23.2 Å². The maximum absolute atomic E-state index is 5.68. The number of aryl methyl sites for hydroxylation is 1. The third-order valence-corrected chi connectivity index (χ3v) is 4.37. The molecule has 128 valence electrons. The lowest BCUT2D eigenvalue weighted by Gasteiger charge is -2.08. The fraction of sp³-hybridized carbons (Fsp3) is 0.529. The summed E-state index contributed by atoms with van der Waals surface area (Å²) in [5.41, 5.74) is 6.47. The van der Waals surface area contributed by atoms with Gasteiger partial charge in [-0.25, -0.2) is 4.98 Å². The number of anilines is 1. The van der Waals surface area contributed by atoms with E-state index in [0.29, 0.717) is 17.9 Å². The van der Waals surface area contributed by atoms with Gasteiger partial charge in [0.05, 0.1) is 13.2 Å². The van der Waals surface area contributed by atoms with Crippen LogP contribution < -0.4 is 5.73 Å². The van der Waals surface area contributed by atoms with Gasteiger partial charge in [0.25, 0.3) is 0 Å². The van der Waals surface area contributed by atoms with Gasteiger partial charge in [-0.15, -0.1) is 10.2 Å². The molecule has 2 atom stereocenters. The van der Waals surface area contributed by atoms with Crippen molar-refractivity contribution in [1.82, 2.24) is 19.7 Å². The molecule has 0 bridgehead atoms. The fourth-order valence-electron chi connectivity index (χ4n) is 3.04. The molecule has 7 nitrogen and oxygen atoms in total. The second-order valence-corrected chi connectivity index (χ2v) is 6.26. The quantitative estimate of drug-likeness (QED) is 0.869. The molecule has 0 aromatic carbocycles. The molecule has 7 heteroatoms. The van der Waals surface area contributed by atoms with E-state index in [1.54, 1.807) is 13.2 Å². The Kier molecular flexibility index (Phi) is 4.78. The normalized spacial score (nSPS) is 21.7. The van der Waals surface area contributed by atoms with Crippen molar-refractivity contribution in [1.29, 1.82) is 0 Å². The molecule has 2 N–H and O–H groups in total. The number of nitrogen functional groups attached to an aromatic ring is 1. The summed E-state index contributed by atoms with van der Waals surface area (Å²) in [5.74, 6) is 3.30.